The molecule has 0 radical (unpaired) electrons. The van der Waals surface area contributed by atoms with Crippen molar-refractivity contribution in [3.63, 3.8) is 0 Å². The van der Waals surface area contributed by atoms with Crippen LogP contribution in [-0.4, -0.2) is 10.0 Å². The molecule has 3 heteroatoms. The molecular weight excluding hydrogens is 370 g/mol. The van der Waals surface area contributed by atoms with Crippen molar-refractivity contribution in [3.05, 3.63) is 120 Å². The molecule has 0 amide bonds. The van der Waals surface area contributed by atoms with Crippen LogP contribution in [0.25, 0.3) is 0 Å². The molecule has 0 unspecified atom stereocenters. The molecule has 156 valence electrons. The Bertz CT molecular complexity index is 931. The summed E-state index contributed by atoms with van der Waals surface area (Å²) in [6, 6.07) is 22.9. The molecule has 0 spiro atoms. The molecule has 3 aromatic rings. The van der Waals surface area contributed by atoms with Crippen LogP contribution >= 0.6 is 0 Å². The molecule has 1 heterocycles. The Kier molecular flexibility index (Phi) is 7.45. The normalized spacial score (nSPS) is 11.6. The van der Waals surface area contributed by atoms with Crippen molar-refractivity contribution in [1.29, 1.82) is 0 Å². The minimum atomic E-state index is -1.09. The van der Waals surface area contributed by atoms with Crippen LogP contribution in [0.4, 0.5) is 0 Å². The molecule has 0 fully saturated rings. The van der Waals surface area contributed by atoms with Gasteiger partial charge in [-0.2, -0.15) is 0 Å². The van der Waals surface area contributed by atoms with E-state index >= 15 is 0 Å². The second-order valence-electron chi connectivity index (χ2n) is 7.90. The fourth-order valence-corrected chi connectivity index (χ4v) is 3.66. The Labute approximate surface area is 180 Å². The third kappa shape index (κ3) is 5.82. The average molecular weight is 402 g/mol. The largest absolute Gasteiger partial charge is 0.462 e. The number of furan rings is 1. The van der Waals surface area contributed by atoms with Crippen LogP contribution in [0.3, 0.4) is 0 Å². The summed E-state index contributed by atoms with van der Waals surface area (Å²) in [6.45, 7) is 11.9. The Morgan fingerprint density at radius 1 is 0.833 bits per heavy atom. The van der Waals surface area contributed by atoms with Gasteiger partial charge in [0, 0.05) is 25.9 Å². The van der Waals surface area contributed by atoms with E-state index in [1.807, 2.05) is 18.2 Å². The molecule has 1 aromatic heterocycles. The SMILES string of the molecule is C=CCC(O)(CC=C)c1ccc(CN(Cc2ccccc2)Cc2ccc(C)cc2)o1. The summed E-state index contributed by atoms with van der Waals surface area (Å²) >= 11 is 0. The lowest BCUT2D eigenvalue weighted by atomic mass is 9.93. The number of hydrogen-bond acceptors (Lipinski definition) is 3. The van der Waals surface area contributed by atoms with Crippen molar-refractivity contribution in [1.82, 2.24) is 4.90 Å². The summed E-state index contributed by atoms with van der Waals surface area (Å²) in [5.74, 6) is 1.40. The van der Waals surface area contributed by atoms with Gasteiger partial charge in [0.05, 0.1) is 6.54 Å². The first-order valence-electron chi connectivity index (χ1n) is 10.4. The number of hydrogen-bond donors (Lipinski definition) is 1. The molecule has 3 nitrogen and oxygen atoms in total. The highest BCUT2D eigenvalue weighted by Crippen LogP contribution is 2.31. The quantitative estimate of drug-likeness (QED) is 0.393. The molecule has 0 aliphatic rings. The first kappa shape index (κ1) is 21.8. The van der Waals surface area contributed by atoms with E-state index in [1.54, 1.807) is 12.2 Å². The molecule has 3 rings (SSSR count). The van der Waals surface area contributed by atoms with Crippen molar-refractivity contribution in [3.8, 4) is 0 Å². The van der Waals surface area contributed by atoms with E-state index in [-0.39, 0.29) is 0 Å². The lowest BCUT2D eigenvalue weighted by Gasteiger charge is -2.24. The number of rotatable bonds is 11. The number of benzene rings is 2. The van der Waals surface area contributed by atoms with Crippen LogP contribution < -0.4 is 0 Å². The van der Waals surface area contributed by atoms with Crippen LogP contribution in [0.5, 0.6) is 0 Å². The van der Waals surface area contributed by atoms with Gasteiger partial charge in [0.1, 0.15) is 17.1 Å². The molecule has 1 N–H and O–H groups in total. The Morgan fingerprint density at radius 2 is 1.43 bits per heavy atom. The van der Waals surface area contributed by atoms with Gasteiger partial charge in [-0.05, 0) is 30.2 Å². The highest BCUT2D eigenvalue weighted by atomic mass is 16.4. The van der Waals surface area contributed by atoms with Crippen molar-refractivity contribution in [2.24, 2.45) is 0 Å². The standard InChI is InChI=1S/C27H31NO2/c1-4-17-27(29,18-5-2)26-16-15-25(30-26)21-28(19-23-9-7-6-8-10-23)20-24-13-11-22(3)12-14-24/h4-16,29H,1-2,17-21H2,3H3. The van der Waals surface area contributed by atoms with E-state index in [2.05, 4.69) is 73.5 Å². The third-order valence-electron chi connectivity index (χ3n) is 5.24. The Morgan fingerprint density at radius 3 is 2.03 bits per heavy atom. The van der Waals surface area contributed by atoms with Gasteiger partial charge in [0.2, 0.25) is 0 Å². The molecule has 0 saturated carbocycles. The lowest BCUT2D eigenvalue weighted by molar-refractivity contribution is 0.0186. The molecule has 0 bridgehead atoms. The highest BCUT2D eigenvalue weighted by Gasteiger charge is 2.30. The average Bonchev–Trinajstić information content (AvgIpc) is 3.20. The van der Waals surface area contributed by atoms with Crippen LogP contribution in [-0.2, 0) is 25.2 Å². The molecule has 0 aliphatic heterocycles. The van der Waals surface area contributed by atoms with E-state index in [1.165, 1.54) is 16.7 Å². The Balaban J connectivity index is 1.80. The van der Waals surface area contributed by atoms with Crippen molar-refractivity contribution >= 4 is 0 Å². The fourth-order valence-electron chi connectivity index (χ4n) is 3.66. The van der Waals surface area contributed by atoms with E-state index in [0.29, 0.717) is 25.1 Å². The van der Waals surface area contributed by atoms with Crippen molar-refractivity contribution < 1.29 is 9.52 Å². The van der Waals surface area contributed by atoms with Crippen LogP contribution in [0.1, 0.15) is 41.1 Å². The van der Waals surface area contributed by atoms with E-state index in [9.17, 15) is 5.11 Å². The topological polar surface area (TPSA) is 36.6 Å². The number of nitrogens with zero attached hydrogens (tertiary/aromatic N) is 1. The molecule has 0 atom stereocenters. The summed E-state index contributed by atoms with van der Waals surface area (Å²) in [5.41, 5.74) is 2.68. The zero-order valence-electron chi connectivity index (χ0n) is 17.8. The molecule has 0 saturated heterocycles. The van der Waals surface area contributed by atoms with Crippen molar-refractivity contribution in [2.45, 2.75) is 45.0 Å². The maximum atomic E-state index is 11.0. The van der Waals surface area contributed by atoms with Crippen LogP contribution in [0.2, 0.25) is 0 Å². The van der Waals surface area contributed by atoms with Gasteiger partial charge >= 0.3 is 0 Å². The summed E-state index contributed by atoms with van der Waals surface area (Å²) < 4.78 is 6.09. The van der Waals surface area contributed by atoms with Gasteiger partial charge in [-0.25, -0.2) is 0 Å². The van der Waals surface area contributed by atoms with Gasteiger partial charge in [0.15, 0.2) is 0 Å². The van der Waals surface area contributed by atoms with Gasteiger partial charge in [-0.15, -0.1) is 13.2 Å². The van der Waals surface area contributed by atoms with Gasteiger partial charge in [0.25, 0.3) is 0 Å². The van der Waals surface area contributed by atoms with E-state index in [4.69, 9.17) is 4.42 Å². The highest BCUT2D eigenvalue weighted by molar-refractivity contribution is 5.22. The summed E-state index contributed by atoms with van der Waals surface area (Å²) in [7, 11) is 0. The zero-order chi connectivity index (χ0) is 21.4. The van der Waals surface area contributed by atoms with Gasteiger partial charge < -0.3 is 9.52 Å². The first-order chi connectivity index (χ1) is 14.5. The zero-order valence-corrected chi connectivity index (χ0v) is 17.8. The molecule has 0 aliphatic carbocycles. The van der Waals surface area contributed by atoms with Crippen LogP contribution in [0.15, 0.2) is 96.5 Å². The monoisotopic (exact) mass is 401 g/mol. The molecular formula is C27H31NO2. The van der Waals surface area contributed by atoms with Crippen molar-refractivity contribution in [2.75, 3.05) is 0 Å². The summed E-state index contributed by atoms with van der Waals surface area (Å²) in [5, 5.41) is 11.0. The minimum absolute atomic E-state index is 0.420. The second kappa shape index (κ2) is 10.2. The summed E-state index contributed by atoms with van der Waals surface area (Å²) in [4.78, 5) is 2.35. The smallest absolute Gasteiger partial charge is 0.136 e. The molecule has 30 heavy (non-hydrogen) atoms. The maximum Gasteiger partial charge on any atom is 0.136 e. The van der Waals surface area contributed by atoms with Gasteiger partial charge in [-0.1, -0.05) is 72.3 Å². The minimum Gasteiger partial charge on any atom is -0.462 e. The molecule has 2 aromatic carbocycles. The number of aryl methyl sites for hydroxylation is 1. The predicted molar refractivity (Wildman–Crippen MR) is 123 cm³/mol. The summed E-state index contributed by atoms with van der Waals surface area (Å²) in [6.07, 6.45) is 4.27. The lowest BCUT2D eigenvalue weighted by Crippen LogP contribution is -2.24. The fraction of sp³-hybridized carbons (Fsp3) is 0.259. The first-order valence-corrected chi connectivity index (χ1v) is 10.4. The van der Waals surface area contributed by atoms with Crippen LogP contribution in [0, 0.1) is 6.92 Å². The third-order valence-corrected chi connectivity index (χ3v) is 5.24. The van der Waals surface area contributed by atoms with Gasteiger partial charge in [-0.3, -0.25) is 4.90 Å². The van der Waals surface area contributed by atoms with E-state index in [0.717, 1.165) is 18.8 Å². The Hall–Kier alpha value is -2.88. The maximum absolute atomic E-state index is 11.0. The predicted octanol–water partition coefficient (Wildman–Crippen LogP) is 6.13. The number of aliphatic hydroxyl groups is 1. The second-order valence-corrected chi connectivity index (χ2v) is 7.90. The van der Waals surface area contributed by atoms with E-state index < -0.39 is 5.60 Å².